The van der Waals surface area contributed by atoms with Gasteiger partial charge in [0.2, 0.25) is 6.04 Å². The van der Waals surface area contributed by atoms with E-state index in [1.165, 1.54) is 5.71 Å². The summed E-state index contributed by atoms with van der Waals surface area (Å²) in [5, 5.41) is 0. The Balaban J connectivity index is 3.07. The smallest absolute Gasteiger partial charge is 0.239 e. The number of nitrogens with zero attached hydrogens (tertiary/aromatic N) is 2. The largest absolute Gasteiger partial charge is 0.290 e. The highest BCUT2D eigenvalue weighted by Gasteiger charge is 2.30. The standard InChI is InChI=1S/C10H15N2/c1-6-10-7(2)8(3)12(5)9(4)11-10/h1,7,10H,2-5H3/q+1. The van der Waals surface area contributed by atoms with Crippen LogP contribution in [0, 0.1) is 18.3 Å². The number of amidine groups is 1. The lowest BCUT2D eigenvalue weighted by Crippen LogP contribution is -2.36. The van der Waals surface area contributed by atoms with Gasteiger partial charge in [-0.3, -0.25) is 0 Å². The first-order chi connectivity index (χ1) is 5.57. The molecular weight excluding hydrogens is 148 g/mol. The van der Waals surface area contributed by atoms with Gasteiger partial charge in [-0.1, -0.05) is 10.9 Å². The Hall–Kier alpha value is -1.10. The van der Waals surface area contributed by atoms with E-state index >= 15 is 0 Å². The fraction of sp³-hybridized carbons (Fsp3) is 0.600. The lowest BCUT2D eigenvalue weighted by molar-refractivity contribution is -0.378. The summed E-state index contributed by atoms with van der Waals surface area (Å²) in [6, 6.07) is 0.0289. The molecule has 2 heteroatoms. The van der Waals surface area contributed by atoms with Crippen LogP contribution in [0.4, 0.5) is 0 Å². The third-order valence-electron chi connectivity index (χ3n) is 2.64. The quantitative estimate of drug-likeness (QED) is 0.376. The number of hydrogen-bond acceptors (Lipinski definition) is 1. The zero-order valence-electron chi connectivity index (χ0n) is 8.13. The van der Waals surface area contributed by atoms with Gasteiger partial charge in [-0.05, 0) is 13.8 Å². The monoisotopic (exact) mass is 163 g/mol. The molecule has 64 valence electrons. The van der Waals surface area contributed by atoms with Crippen molar-refractivity contribution in [3.63, 3.8) is 0 Å². The highest BCUT2D eigenvalue weighted by Crippen LogP contribution is 2.13. The maximum Gasteiger partial charge on any atom is 0.290 e. The molecule has 0 N–H and O–H groups in total. The molecule has 1 rings (SSSR count). The van der Waals surface area contributed by atoms with Gasteiger partial charge in [0.15, 0.2) is 0 Å². The lowest BCUT2D eigenvalue weighted by atomic mass is 9.96. The summed E-state index contributed by atoms with van der Waals surface area (Å²) in [7, 11) is 2.03. The molecule has 1 aliphatic rings. The lowest BCUT2D eigenvalue weighted by Gasteiger charge is -2.17. The third-order valence-corrected chi connectivity index (χ3v) is 2.64. The zero-order valence-corrected chi connectivity index (χ0v) is 8.13. The second kappa shape index (κ2) is 3.10. The maximum atomic E-state index is 5.37. The summed E-state index contributed by atoms with van der Waals surface area (Å²) in [5.41, 5.74) is 1.30. The number of terminal acetylenes is 1. The molecule has 0 bridgehead atoms. The van der Waals surface area contributed by atoms with Crippen molar-refractivity contribution in [1.82, 2.24) is 0 Å². The van der Waals surface area contributed by atoms with Crippen molar-refractivity contribution in [2.24, 2.45) is 10.9 Å². The van der Waals surface area contributed by atoms with Crippen molar-refractivity contribution in [1.29, 1.82) is 0 Å². The van der Waals surface area contributed by atoms with Crippen LogP contribution < -0.4 is 0 Å². The molecule has 1 aliphatic heterocycles. The Bertz CT molecular complexity index is 291. The number of rotatable bonds is 0. The van der Waals surface area contributed by atoms with Crippen molar-refractivity contribution in [2.45, 2.75) is 26.8 Å². The minimum Gasteiger partial charge on any atom is -0.239 e. The molecular formula is C10H15N2+. The van der Waals surface area contributed by atoms with E-state index in [1.54, 1.807) is 0 Å². The Morgan fingerprint density at radius 2 is 2.08 bits per heavy atom. The van der Waals surface area contributed by atoms with Gasteiger partial charge >= 0.3 is 0 Å². The van der Waals surface area contributed by atoms with Crippen molar-refractivity contribution in [3.8, 4) is 12.3 Å². The second-order valence-corrected chi connectivity index (χ2v) is 3.28. The predicted octanol–water partition coefficient (Wildman–Crippen LogP) is 1.16. The van der Waals surface area contributed by atoms with Gasteiger partial charge in [0, 0.05) is 6.92 Å². The van der Waals surface area contributed by atoms with E-state index in [9.17, 15) is 0 Å². The van der Waals surface area contributed by atoms with Crippen molar-refractivity contribution >= 4 is 11.5 Å². The summed E-state index contributed by atoms with van der Waals surface area (Å²) in [4.78, 5) is 4.40. The van der Waals surface area contributed by atoms with E-state index in [0.29, 0.717) is 5.92 Å². The fourth-order valence-corrected chi connectivity index (χ4v) is 1.37. The topological polar surface area (TPSA) is 15.4 Å². The van der Waals surface area contributed by atoms with Crippen LogP contribution in [0.15, 0.2) is 4.99 Å². The Morgan fingerprint density at radius 1 is 1.50 bits per heavy atom. The van der Waals surface area contributed by atoms with Crippen molar-refractivity contribution in [3.05, 3.63) is 0 Å². The molecule has 0 fully saturated rings. The highest BCUT2D eigenvalue weighted by atomic mass is 15.1. The molecule has 0 radical (unpaired) electrons. The summed E-state index contributed by atoms with van der Waals surface area (Å²) < 4.78 is 2.10. The van der Waals surface area contributed by atoms with Crippen LogP contribution in [-0.4, -0.2) is 29.2 Å². The average molecular weight is 163 g/mol. The molecule has 0 aromatic carbocycles. The van der Waals surface area contributed by atoms with Gasteiger partial charge in [-0.15, -0.1) is 6.42 Å². The van der Waals surface area contributed by atoms with Crippen LogP contribution in [0.1, 0.15) is 20.8 Å². The summed E-state index contributed by atoms with van der Waals surface area (Å²) in [6.07, 6.45) is 5.37. The molecule has 12 heavy (non-hydrogen) atoms. The van der Waals surface area contributed by atoms with Gasteiger partial charge in [-0.2, -0.15) is 0 Å². The Morgan fingerprint density at radius 3 is 2.58 bits per heavy atom. The van der Waals surface area contributed by atoms with Crippen molar-refractivity contribution in [2.75, 3.05) is 7.05 Å². The van der Waals surface area contributed by atoms with Crippen LogP contribution in [-0.2, 0) is 0 Å². The minimum atomic E-state index is 0.0289. The van der Waals surface area contributed by atoms with Gasteiger partial charge in [0.25, 0.3) is 5.84 Å². The molecule has 2 nitrogen and oxygen atoms in total. The molecule has 2 atom stereocenters. The van der Waals surface area contributed by atoms with Gasteiger partial charge in [0.1, 0.15) is 0 Å². The Kier molecular flexibility index (Phi) is 2.32. The maximum absolute atomic E-state index is 5.37. The molecule has 0 aromatic rings. The first kappa shape index (κ1) is 8.99. The van der Waals surface area contributed by atoms with E-state index < -0.39 is 0 Å². The summed E-state index contributed by atoms with van der Waals surface area (Å²) >= 11 is 0. The van der Waals surface area contributed by atoms with E-state index in [-0.39, 0.29) is 6.04 Å². The molecule has 0 amide bonds. The molecule has 0 aromatic heterocycles. The normalized spacial score (nSPS) is 29.8. The molecule has 0 aliphatic carbocycles. The Labute approximate surface area is 74.0 Å². The fourth-order valence-electron chi connectivity index (χ4n) is 1.37. The molecule has 0 saturated carbocycles. The molecule has 0 spiro atoms. The zero-order chi connectivity index (χ0) is 9.30. The number of aliphatic imine (C=N–C) groups is 1. The average Bonchev–Trinajstić information content (AvgIpc) is 2.08. The number of hydrogen-bond donors (Lipinski definition) is 0. The highest BCUT2D eigenvalue weighted by molar-refractivity contribution is 5.89. The van der Waals surface area contributed by atoms with Crippen LogP contribution in [0.5, 0.6) is 0 Å². The SMILES string of the molecule is C#CC1N=C(C)[N+](C)=C(C)C1C. The van der Waals surface area contributed by atoms with Gasteiger partial charge in [0.05, 0.1) is 18.7 Å². The second-order valence-electron chi connectivity index (χ2n) is 3.28. The third kappa shape index (κ3) is 1.27. The van der Waals surface area contributed by atoms with Gasteiger partial charge in [-0.25, -0.2) is 4.58 Å². The van der Waals surface area contributed by atoms with Crippen LogP contribution in [0.2, 0.25) is 0 Å². The summed E-state index contributed by atoms with van der Waals surface area (Å²) in [5.74, 6) is 4.07. The molecule has 1 heterocycles. The van der Waals surface area contributed by atoms with Gasteiger partial charge < -0.3 is 0 Å². The van der Waals surface area contributed by atoms with E-state index in [2.05, 4.69) is 29.3 Å². The van der Waals surface area contributed by atoms with E-state index in [1.807, 2.05) is 14.0 Å². The first-order valence-electron chi connectivity index (χ1n) is 4.15. The van der Waals surface area contributed by atoms with E-state index in [0.717, 1.165) is 5.84 Å². The first-order valence-corrected chi connectivity index (χ1v) is 4.15. The summed E-state index contributed by atoms with van der Waals surface area (Å²) in [6.45, 7) is 6.21. The van der Waals surface area contributed by atoms with Crippen LogP contribution in [0.3, 0.4) is 0 Å². The molecule has 0 saturated heterocycles. The minimum absolute atomic E-state index is 0.0289. The van der Waals surface area contributed by atoms with Crippen LogP contribution >= 0.6 is 0 Å². The predicted molar refractivity (Wildman–Crippen MR) is 51.8 cm³/mol. The van der Waals surface area contributed by atoms with Crippen LogP contribution in [0.25, 0.3) is 0 Å². The van der Waals surface area contributed by atoms with Crippen molar-refractivity contribution < 1.29 is 4.58 Å². The van der Waals surface area contributed by atoms with E-state index in [4.69, 9.17) is 6.42 Å². The molecule has 2 unspecified atom stereocenters.